The van der Waals surface area contributed by atoms with Crippen LogP contribution in [0.15, 0.2) is 22.7 Å². The molecule has 0 saturated heterocycles. The van der Waals surface area contributed by atoms with Crippen LogP contribution in [-0.2, 0) is 29.3 Å². The van der Waals surface area contributed by atoms with E-state index in [1.54, 1.807) is 11.4 Å². The summed E-state index contributed by atoms with van der Waals surface area (Å²) in [4.78, 5) is 49.8. The van der Waals surface area contributed by atoms with Crippen LogP contribution in [0.2, 0.25) is 0 Å². The predicted octanol–water partition coefficient (Wildman–Crippen LogP) is -1.27. The lowest BCUT2D eigenvalue weighted by atomic mass is 9.94. The van der Waals surface area contributed by atoms with E-state index < -0.39 is 68.8 Å². The van der Waals surface area contributed by atoms with E-state index in [0.717, 1.165) is 39.4 Å². The molecule has 5 unspecified atom stereocenters. The normalized spacial score (nSPS) is 23.4. The third-order valence-corrected chi connectivity index (χ3v) is 9.80. The number of carboxylic acid groups (broad SMARTS) is 2. The van der Waals surface area contributed by atoms with Crippen molar-refractivity contribution in [1.82, 2.24) is 25.9 Å². The number of carboxylic acids is 2. The highest BCUT2D eigenvalue weighted by molar-refractivity contribution is 8.14. The van der Waals surface area contributed by atoms with E-state index in [2.05, 4.69) is 25.9 Å². The van der Waals surface area contributed by atoms with Crippen molar-refractivity contribution < 1.29 is 46.9 Å². The van der Waals surface area contributed by atoms with E-state index in [1.165, 1.54) is 6.07 Å². The number of carbonyl (C=O) groups excluding carboxylic acids is 2. The first-order valence-electron chi connectivity index (χ1n) is 9.95. The molecular formula is C17H17N6O9S4+. The maximum absolute atomic E-state index is 13.0. The monoisotopic (exact) mass is 577 g/mol. The van der Waals surface area contributed by atoms with Gasteiger partial charge in [-0.2, -0.15) is 13.6 Å². The molecule has 0 fully saturated rings. The number of hydrogen-bond donors (Lipinski definition) is 5. The highest BCUT2D eigenvalue weighted by Gasteiger charge is 2.62. The van der Waals surface area contributed by atoms with Crippen molar-refractivity contribution in [2.24, 2.45) is 5.92 Å². The highest BCUT2D eigenvalue weighted by atomic mass is 32.2. The molecule has 0 spiro atoms. The molecule has 2 amide bonds. The van der Waals surface area contributed by atoms with Crippen LogP contribution in [0.5, 0.6) is 0 Å². The molecule has 2 aromatic rings. The van der Waals surface area contributed by atoms with Crippen LogP contribution >= 0.6 is 34.9 Å². The molecular weight excluding hydrogens is 560 g/mol. The average Bonchev–Trinajstić information content (AvgIpc) is 3.49. The van der Waals surface area contributed by atoms with Gasteiger partial charge in [-0.1, -0.05) is 29.6 Å². The molecule has 4 rings (SSSR count). The van der Waals surface area contributed by atoms with Crippen molar-refractivity contribution in [1.29, 1.82) is 0 Å². The Morgan fingerprint density at radius 1 is 1.33 bits per heavy atom. The minimum atomic E-state index is -4.55. The van der Waals surface area contributed by atoms with E-state index in [0.29, 0.717) is 0 Å². The van der Waals surface area contributed by atoms with Gasteiger partial charge in [0, 0.05) is 15.9 Å². The highest BCUT2D eigenvalue weighted by Crippen LogP contribution is 2.38. The molecule has 2 aliphatic rings. The Morgan fingerprint density at radius 3 is 2.64 bits per heavy atom. The number of H-pyrrole nitrogens is 1. The Kier molecular flexibility index (Phi) is 7.46. The van der Waals surface area contributed by atoms with Gasteiger partial charge in [0.05, 0.1) is 11.7 Å². The largest absolute Gasteiger partial charge is 0.480 e. The lowest BCUT2D eigenvalue weighted by Crippen LogP contribution is -2.69. The first kappa shape index (κ1) is 26.2. The quantitative estimate of drug-likeness (QED) is 0.0959. The van der Waals surface area contributed by atoms with Crippen LogP contribution in [0.4, 0.5) is 0 Å². The van der Waals surface area contributed by atoms with Gasteiger partial charge in [0.2, 0.25) is 17.1 Å². The first-order valence-corrected chi connectivity index (χ1v) is 14.3. The number of thioether (sulfide) groups is 2. The zero-order chi connectivity index (χ0) is 26.2. The standard InChI is InChI=1S/C17H16N6O9S4/c24-12(9(15(26)27)7-2-1-3-33-7)18-10-13(25)23-11(16(28)29)6(4-34-14(10)23)8(5-36(30,31)32)35-17-19-21-22-20-17/h1-3,6,8-11H,4-5H2,(H4-,18,19,20,21,22,24,26,27,28,29,30,31,32)/p+1. The second-order valence-corrected chi connectivity index (χ2v) is 12.4. The van der Waals surface area contributed by atoms with Gasteiger partial charge in [-0.05, 0) is 16.7 Å². The van der Waals surface area contributed by atoms with Crippen molar-refractivity contribution in [2.75, 3.05) is 11.5 Å². The Bertz CT molecular complexity index is 1330. The summed E-state index contributed by atoms with van der Waals surface area (Å²) in [5.74, 6) is -7.88. The van der Waals surface area contributed by atoms with Gasteiger partial charge >= 0.3 is 17.8 Å². The average molecular weight is 578 g/mol. The van der Waals surface area contributed by atoms with Crippen molar-refractivity contribution in [3.05, 3.63) is 22.4 Å². The van der Waals surface area contributed by atoms with E-state index in [4.69, 9.17) is 0 Å². The van der Waals surface area contributed by atoms with E-state index >= 15 is 0 Å². The van der Waals surface area contributed by atoms with E-state index in [-0.39, 0.29) is 20.8 Å². The molecule has 2 aromatic heterocycles. The number of rotatable bonds is 10. The summed E-state index contributed by atoms with van der Waals surface area (Å²) in [6.45, 7) is 0. The number of aliphatic carboxylic acids is 2. The molecule has 19 heteroatoms. The van der Waals surface area contributed by atoms with Crippen LogP contribution in [0.1, 0.15) is 10.8 Å². The fourth-order valence-corrected chi connectivity index (χ4v) is 8.59. The molecule has 0 aliphatic carbocycles. The second kappa shape index (κ2) is 10.2. The topological polar surface area (TPSA) is 233 Å². The Balaban J connectivity index is 1.60. The summed E-state index contributed by atoms with van der Waals surface area (Å²) in [5.41, 5.74) is 0. The lowest BCUT2D eigenvalue weighted by molar-refractivity contribution is -0.503. The number of nitrogens with one attached hydrogen (secondary N) is 2. The van der Waals surface area contributed by atoms with Gasteiger partial charge in [0.25, 0.3) is 21.2 Å². The number of aromatic amines is 1. The third-order valence-electron chi connectivity index (χ3n) is 5.39. The summed E-state index contributed by atoms with van der Waals surface area (Å²) < 4.78 is 33.7. The summed E-state index contributed by atoms with van der Waals surface area (Å²) in [6, 6.07) is 0.304. The fourth-order valence-electron chi connectivity index (χ4n) is 3.88. The van der Waals surface area contributed by atoms with Gasteiger partial charge in [-0.3, -0.25) is 14.1 Å². The molecule has 0 aromatic carbocycles. The van der Waals surface area contributed by atoms with E-state index in [1.807, 2.05) is 0 Å². The number of thiophene rings is 1. The molecule has 15 nitrogen and oxygen atoms in total. The molecule has 0 saturated carbocycles. The number of nitrogens with zero attached hydrogens (tertiary/aromatic N) is 4. The van der Waals surface area contributed by atoms with Crippen LogP contribution in [0.3, 0.4) is 0 Å². The zero-order valence-corrected chi connectivity index (χ0v) is 21.0. The fraction of sp³-hybridized carbons (Fsp3) is 0.412. The number of tetrazole rings is 1. The number of aromatic nitrogens is 4. The van der Waals surface area contributed by atoms with Crippen molar-refractivity contribution >= 4 is 73.8 Å². The van der Waals surface area contributed by atoms with Gasteiger partial charge < -0.3 is 15.5 Å². The minimum absolute atomic E-state index is 0.0147. The maximum atomic E-state index is 13.0. The third kappa shape index (κ3) is 5.28. The predicted molar refractivity (Wildman–Crippen MR) is 125 cm³/mol. The molecule has 5 atom stereocenters. The lowest BCUT2D eigenvalue weighted by Gasteiger charge is -2.36. The van der Waals surface area contributed by atoms with E-state index in [9.17, 15) is 42.4 Å². The molecule has 2 aliphatic heterocycles. The van der Waals surface area contributed by atoms with Crippen LogP contribution in [0.25, 0.3) is 0 Å². The minimum Gasteiger partial charge on any atom is -0.480 e. The SMILES string of the molecule is O=C(O)C(C(=O)NC1C(=O)[N+]2=C1SCC(C(CS(=O)(=O)O)Sc1nn[nH]n1)C2C(=O)O)c1cccs1. The summed E-state index contributed by atoms with van der Waals surface area (Å²) >= 11 is 2.87. The van der Waals surface area contributed by atoms with Gasteiger partial charge in [-0.25, -0.2) is 9.59 Å². The molecule has 0 radical (unpaired) electrons. The zero-order valence-electron chi connectivity index (χ0n) is 17.7. The maximum Gasteiger partial charge on any atom is 0.422 e. The summed E-state index contributed by atoms with van der Waals surface area (Å²) in [6.07, 6.45) is 0. The second-order valence-electron chi connectivity index (χ2n) is 7.63. The first-order chi connectivity index (χ1) is 17.0. The van der Waals surface area contributed by atoms with Gasteiger partial charge in [0.15, 0.2) is 5.92 Å². The molecule has 0 bridgehead atoms. The van der Waals surface area contributed by atoms with Crippen LogP contribution in [-0.4, -0.2) is 106 Å². The molecule has 192 valence electrons. The van der Waals surface area contributed by atoms with Gasteiger partial charge in [0.1, 0.15) is 0 Å². The smallest absolute Gasteiger partial charge is 0.422 e. The Hall–Kier alpha value is -2.87. The summed E-state index contributed by atoms with van der Waals surface area (Å²) in [7, 11) is -4.55. The van der Waals surface area contributed by atoms with Crippen LogP contribution < -0.4 is 5.32 Å². The van der Waals surface area contributed by atoms with Crippen molar-refractivity contribution in [2.45, 2.75) is 28.4 Å². The molecule has 4 heterocycles. The number of carbonyl (C=O) groups is 4. The molecule has 5 N–H and O–H groups in total. The van der Waals surface area contributed by atoms with Crippen LogP contribution in [0, 0.1) is 5.92 Å². The number of hydrogen-bond acceptors (Lipinski definition) is 12. The Labute approximate surface area is 214 Å². The van der Waals surface area contributed by atoms with Crippen molar-refractivity contribution in [3.8, 4) is 0 Å². The number of amides is 2. The van der Waals surface area contributed by atoms with Gasteiger partial charge in [-0.15, -0.1) is 26.1 Å². The Morgan fingerprint density at radius 2 is 2.08 bits per heavy atom. The summed E-state index contributed by atoms with van der Waals surface area (Å²) in [5, 5.41) is 35.5. The van der Waals surface area contributed by atoms with Crippen molar-refractivity contribution in [3.63, 3.8) is 0 Å². The molecule has 36 heavy (non-hydrogen) atoms.